The Balaban J connectivity index is 1.59. The SMILES string of the molecule is COc1ccc(SCCC(=O)Nc2cccc3c2C(=O)N(C)C3=O)cc1. The average molecular weight is 370 g/mol. The molecule has 0 fully saturated rings. The van der Waals surface area contributed by atoms with Gasteiger partial charge in [-0.1, -0.05) is 6.07 Å². The summed E-state index contributed by atoms with van der Waals surface area (Å²) < 4.78 is 5.11. The van der Waals surface area contributed by atoms with Crippen LogP contribution < -0.4 is 10.1 Å². The first kappa shape index (κ1) is 18.0. The van der Waals surface area contributed by atoms with Gasteiger partial charge in [0.25, 0.3) is 11.8 Å². The number of amides is 3. The number of fused-ring (bicyclic) bond motifs is 1. The second-order valence-electron chi connectivity index (χ2n) is 5.72. The Labute approximate surface area is 155 Å². The van der Waals surface area contributed by atoms with Crippen LogP contribution in [0.5, 0.6) is 5.75 Å². The van der Waals surface area contributed by atoms with E-state index in [1.165, 1.54) is 7.05 Å². The quantitative estimate of drug-likeness (QED) is 0.625. The fourth-order valence-electron chi connectivity index (χ4n) is 2.65. The van der Waals surface area contributed by atoms with Crippen molar-refractivity contribution < 1.29 is 19.1 Å². The van der Waals surface area contributed by atoms with Crippen LogP contribution in [0.15, 0.2) is 47.4 Å². The third-order valence-electron chi connectivity index (χ3n) is 4.05. The van der Waals surface area contributed by atoms with Crippen LogP contribution in [0.1, 0.15) is 27.1 Å². The average Bonchev–Trinajstić information content (AvgIpc) is 2.87. The summed E-state index contributed by atoms with van der Waals surface area (Å²) in [5, 5.41) is 2.75. The minimum Gasteiger partial charge on any atom is -0.497 e. The Kier molecular flexibility index (Phi) is 5.27. The number of carbonyl (C=O) groups is 3. The van der Waals surface area contributed by atoms with Gasteiger partial charge in [-0.05, 0) is 36.4 Å². The summed E-state index contributed by atoms with van der Waals surface area (Å²) in [5.41, 5.74) is 0.962. The lowest BCUT2D eigenvalue weighted by molar-refractivity contribution is -0.115. The van der Waals surface area contributed by atoms with E-state index in [1.807, 2.05) is 24.3 Å². The Morgan fingerprint density at radius 3 is 2.54 bits per heavy atom. The number of hydrogen-bond acceptors (Lipinski definition) is 5. The zero-order valence-corrected chi connectivity index (χ0v) is 15.3. The van der Waals surface area contributed by atoms with E-state index in [0.29, 0.717) is 23.4 Å². The molecule has 0 saturated heterocycles. The number of nitrogens with one attached hydrogen (secondary N) is 1. The molecule has 0 aromatic heterocycles. The van der Waals surface area contributed by atoms with Gasteiger partial charge >= 0.3 is 0 Å². The number of benzene rings is 2. The number of nitrogens with zero attached hydrogens (tertiary/aromatic N) is 1. The molecule has 3 rings (SSSR count). The van der Waals surface area contributed by atoms with Crippen molar-refractivity contribution in [3.05, 3.63) is 53.6 Å². The second-order valence-corrected chi connectivity index (χ2v) is 6.89. The first-order chi connectivity index (χ1) is 12.5. The molecule has 0 bridgehead atoms. The van der Waals surface area contributed by atoms with E-state index in [4.69, 9.17) is 4.74 Å². The van der Waals surface area contributed by atoms with E-state index >= 15 is 0 Å². The molecular weight excluding hydrogens is 352 g/mol. The van der Waals surface area contributed by atoms with Gasteiger partial charge in [0, 0.05) is 24.1 Å². The van der Waals surface area contributed by atoms with Crippen molar-refractivity contribution in [1.82, 2.24) is 4.90 Å². The highest BCUT2D eigenvalue weighted by Gasteiger charge is 2.35. The fourth-order valence-corrected chi connectivity index (χ4v) is 3.50. The molecule has 1 aliphatic rings. The molecule has 0 spiro atoms. The minimum absolute atomic E-state index is 0.200. The first-order valence-corrected chi connectivity index (χ1v) is 9.02. The summed E-state index contributed by atoms with van der Waals surface area (Å²) in [5.74, 6) is 0.438. The van der Waals surface area contributed by atoms with E-state index in [2.05, 4.69) is 5.32 Å². The fraction of sp³-hybridized carbons (Fsp3) is 0.211. The molecular formula is C19H18N2O4S. The maximum Gasteiger partial charge on any atom is 0.263 e. The molecule has 7 heteroatoms. The van der Waals surface area contributed by atoms with Gasteiger partial charge in [0.15, 0.2) is 0 Å². The number of carbonyl (C=O) groups excluding carboxylic acids is 3. The van der Waals surface area contributed by atoms with Crippen molar-refractivity contribution >= 4 is 35.2 Å². The van der Waals surface area contributed by atoms with Crippen molar-refractivity contribution in [2.75, 3.05) is 25.2 Å². The molecule has 0 saturated carbocycles. The van der Waals surface area contributed by atoms with Gasteiger partial charge in [0.2, 0.25) is 5.91 Å². The van der Waals surface area contributed by atoms with Crippen LogP contribution >= 0.6 is 11.8 Å². The first-order valence-electron chi connectivity index (χ1n) is 8.03. The topological polar surface area (TPSA) is 75.7 Å². The smallest absolute Gasteiger partial charge is 0.263 e. The molecule has 1 aliphatic heterocycles. The number of methoxy groups -OCH3 is 1. The number of imide groups is 1. The molecule has 2 aromatic rings. The molecule has 1 N–H and O–H groups in total. The summed E-state index contributed by atoms with van der Waals surface area (Å²) in [4.78, 5) is 38.5. The number of anilines is 1. The predicted molar refractivity (Wildman–Crippen MR) is 99.8 cm³/mol. The molecule has 0 atom stereocenters. The minimum atomic E-state index is -0.395. The monoisotopic (exact) mass is 370 g/mol. The van der Waals surface area contributed by atoms with Crippen LogP contribution in [0.4, 0.5) is 5.69 Å². The van der Waals surface area contributed by atoms with E-state index < -0.39 is 5.91 Å². The van der Waals surface area contributed by atoms with E-state index in [0.717, 1.165) is 15.5 Å². The van der Waals surface area contributed by atoms with Crippen LogP contribution in [-0.2, 0) is 4.79 Å². The van der Waals surface area contributed by atoms with E-state index in [1.54, 1.807) is 37.1 Å². The largest absolute Gasteiger partial charge is 0.497 e. The molecule has 6 nitrogen and oxygen atoms in total. The van der Waals surface area contributed by atoms with Gasteiger partial charge in [0.1, 0.15) is 5.75 Å². The lowest BCUT2D eigenvalue weighted by Gasteiger charge is -2.09. The zero-order valence-electron chi connectivity index (χ0n) is 14.4. The molecule has 0 aliphatic carbocycles. The van der Waals surface area contributed by atoms with Gasteiger partial charge in [-0.15, -0.1) is 11.8 Å². The maximum atomic E-state index is 12.2. The van der Waals surface area contributed by atoms with Crippen molar-refractivity contribution in [3.8, 4) is 5.75 Å². The van der Waals surface area contributed by atoms with Gasteiger partial charge in [0.05, 0.1) is 23.9 Å². The van der Waals surface area contributed by atoms with Crippen LogP contribution in [0.25, 0.3) is 0 Å². The number of hydrogen-bond donors (Lipinski definition) is 1. The van der Waals surface area contributed by atoms with Crippen LogP contribution in [0.3, 0.4) is 0 Å². The predicted octanol–water partition coefficient (Wildman–Crippen LogP) is 3.04. The van der Waals surface area contributed by atoms with Crippen molar-refractivity contribution in [3.63, 3.8) is 0 Å². The van der Waals surface area contributed by atoms with Crippen molar-refractivity contribution in [2.24, 2.45) is 0 Å². The Morgan fingerprint density at radius 1 is 1.12 bits per heavy atom. The van der Waals surface area contributed by atoms with Crippen molar-refractivity contribution in [1.29, 1.82) is 0 Å². The molecule has 0 unspecified atom stereocenters. The van der Waals surface area contributed by atoms with E-state index in [-0.39, 0.29) is 17.4 Å². The molecule has 134 valence electrons. The van der Waals surface area contributed by atoms with Crippen LogP contribution in [0.2, 0.25) is 0 Å². The van der Waals surface area contributed by atoms with E-state index in [9.17, 15) is 14.4 Å². The zero-order chi connectivity index (χ0) is 18.7. The second kappa shape index (κ2) is 7.61. The maximum absolute atomic E-state index is 12.2. The highest BCUT2D eigenvalue weighted by atomic mass is 32.2. The van der Waals surface area contributed by atoms with Gasteiger partial charge in [-0.25, -0.2) is 0 Å². The van der Waals surface area contributed by atoms with Gasteiger partial charge in [-0.3, -0.25) is 19.3 Å². The third-order valence-corrected chi connectivity index (χ3v) is 5.06. The number of thioether (sulfide) groups is 1. The normalized spacial score (nSPS) is 12.9. The van der Waals surface area contributed by atoms with Gasteiger partial charge in [-0.2, -0.15) is 0 Å². The third kappa shape index (κ3) is 3.57. The highest BCUT2D eigenvalue weighted by Crippen LogP contribution is 2.29. The molecule has 2 aromatic carbocycles. The summed E-state index contributed by atoms with van der Waals surface area (Å²) in [6.07, 6.45) is 0.290. The Bertz CT molecular complexity index is 864. The number of ether oxygens (including phenoxy) is 1. The standard InChI is InChI=1S/C19H18N2O4S/c1-21-18(23)14-4-3-5-15(17(14)19(21)24)20-16(22)10-11-26-13-8-6-12(25-2)7-9-13/h3-9H,10-11H2,1-2H3,(H,20,22). The summed E-state index contributed by atoms with van der Waals surface area (Å²) in [7, 11) is 3.05. The summed E-state index contributed by atoms with van der Waals surface area (Å²) >= 11 is 1.56. The van der Waals surface area contributed by atoms with Crippen LogP contribution in [0, 0.1) is 0 Å². The molecule has 0 radical (unpaired) electrons. The van der Waals surface area contributed by atoms with Gasteiger partial charge < -0.3 is 10.1 Å². The lowest BCUT2D eigenvalue weighted by Crippen LogP contribution is -2.24. The Hall–Kier alpha value is -2.80. The summed E-state index contributed by atoms with van der Waals surface area (Å²) in [6.45, 7) is 0. The van der Waals surface area contributed by atoms with Crippen molar-refractivity contribution in [2.45, 2.75) is 11.3 Å². The Morgan fingerprint density at radius 2 is 1.85 bits per heavy atom. The molecule has 26 heavy (non-hydrogen) atoms. The summed E-state index contributed by atoms with van der Waals surface area (Å²) in [6, 6.07) is 12.5. The highest BCUT2D eigenvalue weighted by molar-refractivity contribution is 7.99. The van der Waals surface area contributed by atoms with Crippen LogP contribution in [-0.4, -0.2) is 42.5 Å². The number of rotatable bonds is 6. The molecule has 3 amide bonds. The molecule has 1 heterocycles. The lowest BCUT2D eigenvalue weighted by atomic mass is 10.1.